The van der Waals surface area contributed by atoms with Gasteiger partial charge in [0.1, 0.15) is 6.10 Å². The number of rotatable bonds is 54. The lowest BCUT2D eigenvalue weighted by Crippen LogP contribution is -2.46. The van der Waals surface area contributed by atoms with Gasteiger partial charge in [-0.2, -0.15) is 0 Å². The number of ether oxygens (including phenoxy) is 1. The number of aliphatic hydroxyl groups is 2. The number of allylic oxidation sites excluding steroid dienone is 2. The molecule has 0 aromatic heterocycles. The standard InChI is InChI=1S/C59H115NO5/c1-4-7-10-13-16-19-22-24-26-28-30-32-34-37-40-43-46-49-52-59(64)65-55(50-47-44-41-38-35-21-18-15-12-9-6-3)53-58(63)60-56(54-61)57(62)51-48-45-42-39-36-33-31-29-27-25-23-20-17-14-11-8-5-2/h30,32,55-57,61-62H,4-29,31,33-54H2,1-3H3,(H,60,63)/b32-30+. The van der Waals surface area contributed by atoms with Gasteiger partial charge in [-0.25, -0.2) is 0 Å². The molecule has 0 aromatic rings. The van der Waals surface area contributed by atoms with Crippen LogP contribution in [0.3, 0.4) is 0 Å². The smallest absolute Gasteiger partial charge is 0.306 e. The molecule has 0 aliphatic heterocycles. The van der Waals surface area contributed by atoms with E-state index in [1.807, 2.05) is 0 Å². The van der Waals surface area contributed by atoms with Gasteiger partial charge in [0.25, 0.3) is 0 Å². The van der Waals surface area contributed by atoms with Gasteiger partial charge in [-0.3, -0.25) is 9.59 Å². The second kappa shape index (κ2) is 53.6. The minimum atomic E-state index is -0.784. The molecule has 0 saturated carbocycles. The van der Waals surface area contributed by atoms with Crippen LogP contribution in [-0.2, 0) is 14.3 Å². The summed E-state index contributed by atoms with van der Waals surface area (Å²) >= 11 is 0. The molecule has 65 heavy (non-hydrogen) atoms. The summed E-state index contributed by atoms with van der Waals surface area (Å²) in [5.74, 6) is -0.462. The molecule has 0 radical (unpaired) electrons. The van der Waals surface area contributed by atoms with Crippen LogP contribution >= 0.6 is 0 Å². The molecule has 6 heteroatoms. The first-order valence-electron chi connectivity index (χ1n) is 29.4. The van der Waals surface area contributed by atoms with Crippen molar-refractivity contribution in [2.75, 3.05) is 6.61 Å². The molecular weight excluding hydrogens is 803 g/mol. The normalized spacial score (nSPS) is 13.1. The summed E-state index contributed by atoms with van der Waals surface area (Å²) in [5.41, 5.74) is 0. The van der Waals surface area contributed by atoms with E-state index >= 15 is 0 Å². The van der Waals surface area contributed by atoms with Crippen LogP contribution in [0.15, 0.2) is 12.2 Å². The Bertz CT molecular complexity index is 986. The molecule has 386 valence electrons. The fraction of sp³-hybridized carbons (Fsp3) is 0.932. The number of nitrogens with one attached hydrogen (secondary N) is 1. The minimum absolute atomic E-state index is 0.0818. The minimum Gasteiger partial charge on any atom is -0.462 e. The summed E-state index contributed by atoms with van der Waals surface area (Å²) in [5, 5.41) is 23.9. The molecule has 0 fully saturated rings. The van der Waals surface area contributed by atoms with E-state index < -0.39 is 18.2 Å². The number of hydrogen-bond donors (Lipinski definition) is 3. The second-order valence-corrected chi connectivity index (χ2v) is 20.4. The van der Waals surface area contributed by atoms with Crippen LogP contribution in [0.1, 0.15) is 329 Å². The zero-order valence-corrected chi connectivity index (χ0v) is 44.2. The Morgan fingerprint density at radius 1 is 0.431 bits per heavy atom. The van der Waals surface area contributed by atoms with Crippen molar-refractivity contribution in [2.24, 2.45) is 0 Å². The van der Waals surface area contributed by atoms with Crippen LogP contribution in [-0.4, -0.2) is 46.9 Å². The Balaban J connectivity index is 4.41. The third-order valence-corrected chi connectivity index (χ3v) is 13.8. The number of amides is 1. The van der Waals surface area contributed by atoms with Gasteiger partial charge in [-0.1, -0.05) is 277 Å². The number of aliphatic hydroxyl groups excluding tert-OH is 2. The quantitative estimate of drug-likeness (QED) is 0.0321. The molecule has 0 saturated heterocycles. The van der Waals surface area contributed by atoms with E-state index in [0.29, 0.717) is 19.3 Å². The first-order valence-corrected chi connectivity index (χ1v) is 29.4. The highest BCUT2D eigenvalue weighted by molar-refractivity contribution is 5.77. The van der Waals surface area contributed by atoms with Crippen LogP contribution < -0.4 is 5.32 Å². The van der Waals surface area contributed by atoms with Crippen molar-refractivity contribution in [3.63, 3.8) is 0 Å². The topological polar surface area (TPSA) is 95.9 Å². The zero-order valence-electron chi connectivity index (χ0n) is 44.2. The third kappa shape index (κ3) is 48.9. The van der Waals surface area contributed by atoms with E-state index in [1.165, 1.54) is 231 Å². The van der Waals surface area contributed by atoms with Crippen LogP contribution in [0.25, 0.3) is 0 Å². The Morgan fingerprint density at radius 2 is 0.738 bits per heavy atom. The molecular formula is C59H115NO5. The summed E-state index contributed by atoms with van der Waals surface area (Å²) < 4.78 is 5.95. The van der Waals surface area contributed by atoms with Gasteiger partial charge in [0.05, 0.1) is 25.2 Å². The fourth-order valence-corrected chi connectivity index (χ4v) is 9.37. The number of carbonyl (C=O) groups excluding carboxylic acids is 2. The largest absolute Gasteiger partial charge is 0.462 e. The lowest BCUT2D eigenvalue weighted by Gasteiger charge is -2.24. The number of esters is 1. The monoisotopic (exact) mass is 918 g/mol. The lowest BCUT2D eigenvalue weighted by molar-refractivity contribution is -0.151. The van der Waals surface area contributed by atoms with E-state index in [1.54, 1.807) is 0 Å². The van der Waals surface area contributed by atoms with Gasteiger partial charge in [-0.05, 0) is 51.4 Å². The van der Waals surface area contributed by atoms with Crippen molar-refractivity contribution in [3.8, 4) is 0 Å². The van der Waals surface area contributed by atoms with Gasteiger partial charge < -0.3 is 20.3 Å². The molecule has 0 aromatic carbocycles. The van der Waals surface area contributed by atoms with Crippen molar-refractivity contribution in [3.05, 3.63) is 12.2 Å². The van der Waals surface area contributed by atoms with E-state index in [4.69, 9.17) is 4.74 Å². The highest BCUT2D eigenvalue weighted by Gasteiger charge is 2.24. The molecule has 0 spiro atoms. The maximum absolute atomic E-state index is 13.2. The molecule has 0 aliphatic carbocycles. The molecule has 3 N–H and O–H groups in total. The highest BCUT2D eigenvalue weighted by atomic mass is 16.5. The Hall–Kier alpha value is -1.40. The highest BCUT2D eigenvalue weighted by Crippen LogP contribution is 2.19. The van der Waals surface area contributed by atoms with Crippen molar-refractivity contribution >= 4 is 11.9 Å². The van der Waals surface area contributed by atoms with Gasteiger partial charge in [0, 0.05) is 6.42 Å². The summed E-state index contributed by atoms with van der Waals surface area (Å²) in [4.78, 5) is 26.2. The van der Waals surface area contributed by atoms with Gasteiger partial charge >= 0.3 is 5.97 Å². The first-order chi connectivity index (χ1) is 32.0. The third-order valence-electron chi connectivity index (χ3n) is 13.8. The van der Waals surface area contributed by atoms with Gasteiger partial charge in [-0.15, -0.1) is 0 Å². The fourth-order valence-electron chi connectivity index (χ4n) is 9.37. The van der Waals surface area contributed by atoms with Crippen LogP contribution in [0.2, 0.25) is 0 Å². The molecule has 0 rings (SSSR count). The van der Waals surface area contributed by atoms with Crippen molar-refractivity contribution in [1.29, 1.82) is 0 Å². The average Bonchev–Trinajstić information content (AvgIpc) is 3.30. The number of unbranched alkanes of at least 4 members (excludes halogenated alkanes) is 40. The summed E-state index contributed by atoms with van der Waals surface area (Å²) in [6.07, 6.45) is 61.4. The van der Waals surface area contributed by atoms with Crippen LogP contribution in [0, 0.1) is 0 Å². The SMILES string of the molecule is CCCCCCCCCCC/C=C/CCCCCCCC(=O)OC(CCCCCCCCCCCCC)CC(=O)NC(CO)C(O)CCCCCCCCCCCCCCCCCCC. The van der Waals surface area contributed by atoms with E-state index in [0.717, 1.165) is 51.4 Å². The van der Waals surface area contributed by atoms with Gasteiger partial charge in [0.15, 0.2) is 0 Å². The van der Waals surface area contributed by atoms with Crippen molar-refractivity contribution in [1.82, 2.24) is 5.32 Å². The molecule has 0 bridgehead atoms. The van der Waals surface area contributed by atoms with Crippen LogP contribution in [0.4, 0.5) is 0 Å². The van der Waals surface area contributed by atoms with Crippen molar-refractivity contribution in [2.45, 2.75) is 347 Å². The maximum atomic E-state index is 13.2. The van der Waals surface area contributed by atoms with E-state index in [2.05, 4.69) is 38.2 Å². The second-order valence-electron chi connectivity index (χ2n) is 20.4. The molecule has 3 unspecified atom stereocenters. The van der Waals surface area contributed by atoms with Crippen LogP contribution in [0.5, 0.6) is 0 Å². The lowest BCUT2D eigenvalue weighted by atomic mass is 10.0. The predicted octanol–water partition coefficient (Wildman–Crippen LogP) is 18.1. The van der Waals surface area contributed by atoms with E-state index in [-0.39, 0.29) is 24.9 Å². The van der Waals surface area contributed by atoms with Gasteiger partial charge in [0.2, 0.25) is 5.91 Å². The molecule has 3 atom stereocenters. The Labute approximate surface area is 406 Å². The summed E-state index contributed by atoms with van der Waals surface area (Å²) in [6.45, 7) is 6.52. The molecule has 0 heterocycles. The zero-order chi connectivity index (χ0) is 47.4. The molecule has 6 nitrogen and oxygen atoms in total. The first kappa shape index (κ1) is 63.6. The van der Waals surface area contributed by atoms with Crippen molar-refractivity contribution < 1.29 is 24.5 Å². The average molecular weight is 919 g/mol. The molecule has 1 amide bonds. The van der Waals surface area contributed by atoms with E-state index in [9.17, 15) is 19.8 Å². The number of hydrogen-bond acceptors (Lipinski definition) is 5. The number of carbonyl (C=O) groups is 2. The Kier molecular flexibility index (Phi) is 52.4. The predicted molar refractivity (Wildman–Crippen MR) is 283 cm³/mol. The summed E-state index contributed by atoms with van der Waals surface area (Å²) in [6, 6.07) is -0.697. The summed E-state index contributed by atoms with van der Waals surface area (Å²) in [7, 11) is 0. The molecule has 0 aliphatic rings. The Morgan fingerprint density at radius 3 is 1.09 bits per heavy atom. The maximum Gasteiger partial charge on any atom is 0.306 e.